The first kappa shape index (κ1) is 14.3. The maximum atomic E-state index is 13.3. The van der Waals surface area contributed by atoms with Crippen molar-refractivity contribution in [2.24, 2.45) is 5.41 Å². The third kappa shape index (κ3) is 3.67. The first-order valence-electron chi connectivity index (χ1n) is 6.44. The molecule has 1 aromatic carbocycles. The van der Waals surface area contributed by atoms with Crippen molar-refractivity contribution in [2.45, 2.75) is 19.8 Å². The molecule has 2 rings (SSSR count). The molecule has 0 aliphatic carbocycles. The quantitative estimate of drug-likeness (QED) is 0.896. The largest absolute Gasteiger partial charge is 0.351 e. The van der Waals surface area contributed by atoms with E-state index in [4.69, 9.17) is 11.6 Å². The molecule has 0 spiro atoms. The first-order valence-corrected chi connectivity index (χ1v) is 6.82. The van der Waals surface area contributed by atoms with E-state index in [9.17, 15) is 9.18 Å². The van der Waals surface area contributed by atoms with Crippen LogP contribution in [0.15, 0.2) is 18.2 Å². The SMILES string of the molecule is CC1(CNC(=O)c2ccc(Cl)c(F)c2)CCCNC1. The maximum Gasteiger partial charge on any atom is 0.251 e. The first-order chi connectivity index (χ1) is 9.00. The standard InChI is InChI=1S/C14H18ClFN2O/c1-14(5-2-6-17-8-14)9-18-13(19)10-3-4-11(15)12(16)7-10/h3-4,7,17H,2,5-6,8-9H2,1H3,(H,18,19). The van der Waals surface area contributed by atoms with Crippen molar-refractivity contribution >= 4 is 17.5 Å². The smallest absolute Gasteiger partial charge is 0.251 e. The van der Waals surface area contributed by atoms with Crippen molar-refractivity contribution in [3.05, 3.63) is 34.6 Å². The van der Waals surface area contributed by atoms with Crippen molar-refractivity contribution in [3.63, 3.8) is 0 Å². The van der Waals surface area contributed by atoms with Crippen LogP contribution in [0.4, 0.5) is 4.39 Å². The predicted octanol–water partition coefficient (Wildman–Crippen LogP) is 2.60. The van der Waals surface area contributed by atoms with E-state index in [0.29, 0.717) is 12.1 Å². The highest BCUT2D eigenvalue weighted by atomic mass is 35.5. The zero-order valence-electron chi connectivity index (χ0n) is 10.9. The molecule has 1 aliphatic rings. The number of piperidine rings is 1. The average Bonchev–Trinajstić information content (AvgIpc) is 2.40. The molecule has 104 valence electrons. The second-order valence-corrected chi connectivity index (χ2v) is 5.81. The van der Waals surface area contributed by atoms with Gasteiger partial charge in [0.15, 0.2) is 0 Å². The van der Waals surface area contributed by atoms with Crippen LogP contribution in [-0.4, -0.2) is 25.5 Å². The van der Waals surface area contributed by atoms with Crippen LogP contribution in [0.25, 0.3) is 0 Å². The summed E-state index contributed by atoms with van der Waals surface area (Å²) >= 11 is 5.59. The van der Waals surface area contributed by atoms with E-state index in [1.165, 1.54) is 18.2 Å². The summed E-state index contributed by atoms with van der Waals surface area (Å²) in [6.07, 6.45) is 2.19. The van der Waals surface area contributed by atoms with Crippen molar-refractivity contribution < 1.29 is 9.18 Å². The van der Waals surface area contributed by atoms with Gasteiger partial charge in [-0.15, -0.1) is 0 Å². The van der Waals surface area contributed by atoms with E-state index in [1.807, 2.05) is 0 Å². The molecule has 3 nitrogen and oxygen atoms in total. The van der Waals surface area contributed by atoms with Gasteiger partial charge in [0.05, 0.1) is 5.02 Å². The zero-order valence-corrected chi connectivity index (χ0v) is 11.7. The second-order valence-electron chi connectivity index (χ2n) is 5.40. The number of nitrogens with one attached hydrogen (secondary N) is 2. The lowest BCUT2D eigenvalue weighted by atomic mass is 9.83. The number of rotatable bonds is 3. The molecule has 1 atom stereocenters. The Morgan fingerprint density at radius 3 is 3.00 bits per heavy atom. The van der Waals surface area contributed by atoms with Crippen LogP contribution < -0.4 is 10.6 Å². The Bertz CT molecular complexity index is 473. The molecule has 1 amide bonds. The Morgan fingerprint density at radius 2 is 2.37 bits per heavy atom. The maximum absolute atomic E-state index is 13.3. The molecule has 0 saturated carbocycles. The van der Waals surface area contributed by atoms with E-state index in [1.54, 1.807) is 0 Å². The summed E-state index contributed by atoms with van der Waals surface area (Å²) in [5.41, 5.74) is 0.369. The summed E-state index contributed by atoms with van der Waals surface area (Å²) in [5, 5.41) is 6.22. The molecule has 1 aliphatic heterocycles. The van der Waals surface area contributed by atoms with Gasteiger partial charge in [-0.2, -0.15) is 0 Å². The Kier molecular flexibility index (Phi) is 4.42. The summed E-state index contributed by atoms with van der Waals surface area (Å²) in [7, 11) is 0. The van der Waals surface area contributed by atoms with Gasteiger partial charge < -0.3 is 10.6 Å². The van der Waals surface area contributed by atoms with Crippen LogP contribution in [0.5, 0.6) is 0 Å². The fraction of sp³-hybridized carbons (Fsp3) is 0.500. The lowest BCUT2D eigenvalue weighted by molar-refractivity contribution is 0.0924. The molecule has 0 aromatic heterocycles. The van der Waals surface area contributed by atoms with Crippen LogP contribution in [-0.2, 0) is 0 Å². The molecule has 1 saturated heterocycles. The molecule has 0 radical (unpaired) electrons. The number of carbonyl (C=O) groups excluding carboxylic acids is 1. The van der Waals surface area contributed by atoms with Crippen LogP contribution in [0.1, 0.15) is 30.1 Å². The van der Waals surface area contributed by atoms with Crippen molar-refractivity contribution in [2.75, 3.05) is 19.6 Å². The molecular weight excluding hydrogens is 267 g/mol. The summed E-state index contributed by atoms with van der Waals surface area (Å²) in [6, 6.07) is 4.09. The number of hydrogen-bond donors (Lipinski definition) is 2. The monoisotopic (exact) mass is 284 g/mol. The molecule has 1 unspecified atom stereocenters. The van der Waals surface area contributed by atoms with Gasteiger partial charge in [0, 0.05) is 18.7 Å². The predicted molar refractivity (Wildman–Crippen MR) is 74.0 cm³/mol. The highest BCUT2D eigenvalue weighted by molar-refractivity contribution is 6.30. The Balaban J connectivity index is 1.95. The van der Waals surface area contributed by atoms with Gasteiger partial charge in [0.1, 0.15) is 5.82 Å². The lowest BCUT2D eigenvalue weighted by Crippen LogP contribution is -2.45. The van der Waals surface area contributed by atoms with E-state index >= 15 is 0 Å². The van der Waals surface area contributed by atoms with Gasteiger partial charge in [-0.05, 0) is 43.0 Å². The minimum atomic E-state index is -0.570. The van der Waals surface area contributed by atoms with E-state index in [0.717, 1.165) is 25.9 Å². The van der Waals surface area contributed by atoms with Gasteiger partial charge >= 0.3 is 0 Å². The molecule has 5 heteroatoms. The fourth-order valence-electron chi connectivity index (χ4n) is 2.30. The highest BCUT2D eigenvalue weighted by Crippen LogP contribution is 2.24. The molecule has 19 heavy (non-hydrogen) atoms. The van der Waals surface area contributed by atoms with Gasteiger partial charge in [-0.25, -0.2) is 4.39 Å². The van der Waals surface area contributed by atoms with Crippen molar-refractivity contribution in [1.29, 1.82) is 0 Å². The van der Waals surface area contributed by atoms with Gasteiger partial charge in [0.2, 0.25) is 0 Å². The summed E-state index contributed by atoms with van der Waals surface area (Å²) < 4.78 is 13.3. The Hall–Kier alpha value is -1.13. The van der Waals surface area contributed by atoms with Crippen LogP contribution in [0.2, 0.25) is 5.02 Å². The van der Waals surface area contributed by atoms with Crippen molar-refractivity contribution in [3.8, 4) is 0 Å². The van der Waals surface area contributed by atoms with Crippen LogP contribution in [0, 0.1) is 11.2 Å². The van der Waals surface area contributed by atoms with Gasteiger partial charge in [-0.1, -0.05) is 18.5 Å². The van der Waals surface area contributed by atoms with Crippen LogP contribution >= 0.6 is 11.6 Å². The second kappa shape index (κ2) is 5.88. The van der Waals surface area contributed by atoms with E-state index in [-0.39, 0.29) is 16.3 Å². The molecule has 1 fully saturated rings. The number of hydrogen-bond acceptors (Lipinski definition) is 2. The summed E-state index contributed by atoms with van der Waals surface area (Å²) in [5.74, 6) is -0.831. The normalized spacial score (nSPS) is 23.1. The van der Waals surface area contributed by atoms with E-state index in [2.05, 4.69) is 17.6 Å². The number of amides is 1. The van der Waals surface area contributed by atoms with Crippen LogP contribution in [0.3, 0.4) is 0 Å². The molecule has 1 heterocycles. The summed E-state index contributed by atoms with van der Waals surface area (Å²) in [4.78, 5) is 12.0. The van der Waals surface area contributed by atoms with Gasteiger partial charge in [0.25, 0.3) is 5.91 Å². The number of halogens is 2. The summed E-state index contributed by atoms with van der Waals surface area (Å²) in [6.45, 7) is 4.65. The zero-order chi connectivity index (χ0) is 13.9. The third-order valence-corrected chi connectivity index (χ3v) is 3.85. The Labute approximate surface area is 117 Å². The molecule has 0 bridgehead atoms. The fourth-order valence-corrected chi connectivity index (χ4v) is 2.42. The lowest BCUT2D eigenvalue weighted by Gasteiger charge is -2.34. The molecular formula is C14H18ClFN2O. The Morgan fingerprint density at radius 1 is 1.58 bits per heavy atom. The third-order valence-electron chi connectivity index (χ3n) is 3.54. The minimum absolute atomic E-state index is 0.0278. The highest BCUT2D eigenvalue weighted by Gasteiger charge is 2.27. The van der Waals surface area contributed by atoms with Gasteiger partial charge in [-0.3, -0.25) is 4.79 Å². The topological polar surface area (TPSA) is 41.1 Å². The molecule has 2 N–H and O–H groups in total. The van der Waals surface area contributed by atoms with Crippen molar-refractivity contribution in [1.82, 2.24) is 10.6 Å². The van der Waals surface area contributed by atoms with E-state index < -0.39 is 5.82 Å². The molecule has 1 aromatic rings. The number of carbonyl (C=O) groups is 1. The minimum Gasteiger partial charge on any atom is -0.351 e. The number of benzene rings is 1. The average molecular weight is 285 g/mol.